The molecule has 0 saturated heterocycles. The predicted octanol–water partition coefficient (Wildman–Crippen LogP) is 4.58. The lowest BCUT2D eigenvalue weighted by Gasteiger charge is -2.22. The molecule has 0 spiro atoms. The summed E-state index contributed by atoms with van der Waals surface area (Å²) in [7, 11) is -3.89. The molecule has 4 rings (SSSR count). The Bertz CT molecular complexity index is 1420. The highest BCUT2D eigenvalue weighted by atomic mass is 32.2. The molecule has 8 heteroatoms. The molecule has 0 saturated carbocycles. The van der Waals surface area contributed by atoms with Gasteiger partial charge in [-0.15, -0.1) is 0 Å². The molecule has 0 fully saturated rings. The molecule has 7 nitrogen and oxygen atoms in total. The summed E-state index contributed by atoms with van der Waals surface area (Å²) >= 11 is 0. The van der Waals surface area contributed by atoms with E-state index in [0.717, 1.165) is 10.9 Å². The van der Waals surface area contributed by atoms with Crippen molar-refractivity contribution >= 4 is 26.7 Å². The molecule has 2 heterocycles. The number of rotatable bonds is 5. The molecule has 2 aromatic carbocycles. The van der Waals surface area contributed by atoms with Crippen LogP contribution in [0.15, 0.2) is 71.8 Å². The van der Waals surface area contributed by atoms with E-state index in [4.69, 9.17) is 5.10 Å². The molecule has 0 amide bonds. The van der Waals surface area contributed by atoms with Crippen LogP contribution < -0.4 is 4.72 Å². The first-order valence-corrected chi connectivity index (χ1v) is 11.6. The minimum atomic E-state index is -3.89. The lowest BCUT2D eigenvalue weighted by atomic mass is 9.86. The third-order valence-corrected chi connectivity index (χ3v) is 6.44. The Kier molecular flexibility index (Phi) is 5.45. The van der Waals surface area contributed by atoms with Gasteiger partial charge >= 0.3 is 0 Å². The lowest BCUT2D eigenvalue weighted by Crippen LogP contribution is -2.21. The number of hydrogen-bond acceptors (Lipinski definition) is 5. The minimum Gasteiger partial charge on any atom is -0.263 e. The topological polar surface area (TPSA) is 101 Å². The number of nitriles is 1. The molecule has 0 aliphatic carbocycles. The second-order valence-corrected chi connectivity index (χ2v) is 10.1. The summed E-state index contributed by atoms with van der Waals surface area (Å²) in [5.74, 6) is 0.322. The van der Waals surface area contributed by atoms with E-state index in [9.17, 15) is 13.7 Å². The average Bonchev–Trinajstić information content (AvgIpc) is 3.11. The van der Waals surface area contributed by atoms with Crippen LogP contribution in [0.25, 0.3) is 16.6 Å². The molecule has 0 radical (unpaired) electrons. The summed E-state index contributed by atoms with van der Waals surface area (Å²) in [5, 5.41) is 14.9. The Morgan fingerprint density at radius 2 is 1.78 bits per heavy atom. The van der Waals surface area contributed by atoms with Gasteiger partial charge in [0.15, 0.2) is 0 Å². The van der Waals surface area contributed by atoms with E-state index < -0.39 is 15.4 Å². The largest absolute Gasteiger partial charge is 0.263 e. The molecule has 4 aromatic rings. The van der Waals surface area contributed by atoms with Crippen LogP contribution in [0, 0.1) is 11.3 Å². The van der Waals surface area contributed by atoms with Crippen LogP contribution in [0.4, 0.5) is 5.82 Å². The summed E-state index contributed by atoms with van der Waals surface area (Å²) in [4.78, 5) is 4.55. The van der Waals surface area contributed by atoms with Crippen molar-refractivity contribution in [3.8, 4) is 11.8 Å². The van der Waals surface area contributed by atoms with Crippen molar-refractivity contribution in [3.05, 3.63) is 78.1 Å². The standard InChI is InChI=1S/C24H23N5O2S/c1-24(2,3)22-20(14-15-25)27-29(21-13-7-12-19-18(21)11-8-16-26-19)23(22)28-32(30,31)17-9-5-4-6-10-17/h4-13,16,28H,14H2,1-3H3. The van der Waals surface area contributed by atoms with Crippen molar-refractivity contribution in [1.29, 1.82) is 5.26 Å². The molecule has 1 N–H and O–H groups in total. The third kappa shape index (κ3) is 3.95. The number of pyridine rings is 1. The van der Waals surface area contributed by atoms with Gasteiger partial charge in [0.05, 0.1) is 34.3 Å². The summed E-state index contributed by atoms with van der Waals surface area (Å²) in [6.45, 7) is 5.92. The smallest absolute Gasteiger partial charge is 0.263 e. The van der Waals surface area contributed by atoms with Gasteiger partial charge in [0, 0.05) is 17.1 Å². The monoisotopic (exact) mass is 445 g/mol. The minimum absolute atomic E-state index is 0.0582. The fourth-order valence-corrected chi connectivity index (χ4v) is 4.85. The first-order chi connectivity index (χ1) is 15.2. The molecular weight excluding hydrogens is 422 g/mol. The van der Waals surface area contributed by atoms with E-state index in [2.05, 4.69) is 15.8 Å². The summed E-state index contributed by atoms with van der Waals surface area (Å²) in [6.07, 6.45) is 1.76. The highest BCUT2D eigenvalue weighted by Crippen LogP contribution is 2.37. The van der Waals surface area contributed by atoms with Crippen LogP contribution in [0.2, 0.25) is 0 Å². The Labute approximate surface area is 187 Å². The van der Waals surface area contributed by atoms with Gasteiger partial charge in [-0.05, 0) is 41.8 Å². The fraction of sp³-hybridized carbons (Fsp3) is 0.208. The normalized spacial score (nSPS) is 11.9. The molecule has 2 aromatic heterocycles. The molecule has 162 valence electrons. The average molecular weight is 446 g/mol. The van der Waals surface area contributed by atoms with Gasteiger partial charge in [-0.1, -0.05) is 45.0 Å². The Morgan fingerprint density at radius 1 is 1.03 bits per heavy atom. The zero-order chi connectivity index (χ0) is 22.9. The van der Waals surface area contributed by atoms with Crippen molar-refractivity contribution < 1.29 is 8.42 Å². The van der Waals surface area contributed by atoms with E-state index in [0.29, 0.717) is 22.8 Å². The third-order valence-electron chi connectivity index (χ3n) is 5.09. The zero-order valence-electron chi connectivity index (χ0n) is 18.1. The molecule has 0 unspecified atom stereocenters. The van der Waals surface area contributed by atoms with Crippen LogP contribution in [0.3, 0.4) is 0 Å². The zero-order valence-corrected chi connectivity index (χ0v) is 18.9. The maximum Gasteiger partial charge on any atom is 0.263 e. The number of fused-ring (bicyclic) bond motifs is 1. The van der Waals surface area contributed by atoms with Crippen LogP contribution in [-0.2, 0) is 21.9 Å². The molecule has 0 aliphatic heterocycles. The summed E-state index contributed by atoms with van der Waals surface area (Å²) < 4.78 is 30.9. The van der Waals surface area contributed by atoms with Gasteiger partial charge in [0.25, 0.3) is 10.0 Å². The van der Waals surface area contributed by atoms with E-state index in [1.54, 1.807) is 29.1 Å². The molecule has 32 heavy (non-hydrogen) atoms. The molecule has 0 atom stereocenters. The first kappa shape index (κ1) is 21.5. The highest BCUT2D eigenvalue weighted by Gasteiger charge is 2.31. The highest BCUT2D eigenvalue weighted by molar-refractivity contribution is 7.92. The molecular formula is C24H23N5O2S. The lowest BCUT2D eigenvalue weighted by molar-refractivity contribution is 0.585. The van der Waals surface area contributed by atoms with Gasteiger partial charge in [-0.25, -0.2) is 13.1 Å². The van der Waals surface area contributed by atoms with Crippen molar-refractivity contribution in [3.63, 3.8) is 0 Å². The van der Waals surface area contributed by atoms with E-state index in [1.165, 1.54) is 12.1 Å². The summed E-state index contributed by atoms with van der Waals surface area (Å²) in [6, 6.07) is 19.7. The maximum absolute atomic E-state index is 13.3. The van der Waals surface area contributed by atoms with E-state index >= 15 is 0 Å². The van der Waals surface area contributed by atoms with Crippen molar-refractivity contribution in [2.24, 2.45) is 0 Å². The SMILES string of the molecule is CC(C)(C)c1c(CC#N)nn(-c2cccc3ncccc23)c1NS(=O)(=O)c1ccccc1. The Hall–Kier alpha value is -3.70. The van der Waals surface area contributed by atoms with Gasteiger partial charge < -0.3 is 0 Å². The van der Waals surface area contributed by atoms with Gasteiger partial charge in [-0.3, -0.25) is 9.71 Å². The van der Waals surface area contributed by atoms with Crippen molar-refractivity contribution in [1.82, 2.24) is 14.8 Å². The second-order valence-electron chi connectivity index (χ2n) is 8.43. The van der Waals surface area contributed by atoms with Crippen LogP contribution in [0.5, 0.6) is 0 Å². The van der Waals surface area contributed by atoms with Crippen molar-refractivity contribution in [2.75, 3.05) is 4.72 Å². The molecule has 0 aliphatic rings. The fourth-order valence-electron chi connectivity index (χ4n) is 3.78. The number of anilines is 1. The first-order valence-electron chi connectivity index (χ1n) is 10.1. The van der Waals surface area contributed by atoms with E-state index in [-0.39, 0.29) is 11.3 Å². The summed E-state index contributed by atoms with van der Waals surface area (Å²) in [5.41, 5.74) is 2.18. The number of nitrogens with one attached hydrogen (secondary N) is 1. The Balaban J connectivity index is 2.01. The number of nitrogens with zero attached hydrogens (tertiary/aromatic N) is 4. The van der Waals surface area contributed by atoms with Crippen LogP contribution >= 0.6 is 0 Å². The number of sulfonamides is 1. The predicted molar refractivity (Wildman–Crippen MR) is 124 cm³/mol. The number of hydrogen-bond donors (Lipinski definition) is 1. The quantitative estimate of drug-likeness (QED) is 0.484. The maximum atomic E-state index is 13.3. The van der Waals surface area contributed by atoms with Crippen LogP contribution in [-0.4, -0.2) is 23.2 Å². The second kappa shape index (κ2) is 8.09. The number of benzene rings is 2. The molecule has 0 bridgehead atoms. The Morgan fingerprint density at radius 3 is 2.47 bits per heavy atom. The van der Waals surface area contributed by atoms with Gasteiger partial charge in [0.1, 0.15) is 5.82 Å². The van der Waals surface area contributed by atoms with Crippen LogP contribution in [0.1, 0.15) is 32.0 Å². The number of aromatic nitrogens is 3. The van der Waals surface area contributed by atoms with E-state index in [1.807, 2.05) is 51.1 Å². The van der Waals surface area contributed by atoms with Crippen molar-refractivity contribution in [2.45, 2.75) is 37.5 Å². The van der Waals surface area contributed by atoms with Gasteiger partial charge in [-0.2, -0.15) is 10.4 Å². The van der Waals surface area contributed by atoms with Gasteiger partial charge in [0.2, 0.25) is 0 Å².